The molecule has 1 fully saturated rings. The minimum absolute atomic E-state index is 0.0907. The Balaban J connectivity index is 1.77. The summed E-state index contributed by atoms with van der Waals surface area (Å²) in [4.78, 5) is 63.5. The van der Waals surface area contributed by atoms with E-state index in [0.717, 1.165) is 19.3 Å². The van der Waals surface area contributed by atoms with Crippen molar-refractivity contribution < 1.29 is 28.7 Å². The summed E-state index contributed by atoms with van der Waals surface area (Å²) in [5.74, 6) is -0.451. The molecule has 0 saturated carbocycles. The number of ether oxygens (including phenoxy) is 2. The van der Waals surface area contributed by atoms with Crippen molar-refractivity contribution in [1.29, 1.82) is 0 Å². The number of anilines is 1. The lowest BCUT2D eigenvalue weighted by atomic mass is 10.1. The first kappa shape index (κ1) is 32.3. The molecule has 2 N–H and O–H groups in total. The van der Waals surface area contributed by atoms with Crippen LogP contribution in [-0.2, 0) is 14.3 Å². The van der Waals surface area contributed by atoms with E-state index in [9.17, 15) is 19.2 Å². The number of benzene rings is 1. The van der Waals surface area contributed by atoms with Gasteiger partial charge in [0.15, 0.2) is 5.82 Å². The molecule has 1 aromatic heterocycles. The predicted octanol–water partition coefficient (Wildman–Crippen LogP) is 3.73. The van der Waals surface area contributed by atoms with Gasteiger partial charge in [-0.3, -0.25) is 9.59 Å². The summed E-state index contributed by atoms with van der Waals surface area (Å²) in [6.45, 7) is 10.3. The van der Waals surface area contributed by atoms with Crippen molar-refractivity contribution in [1.82, 2.24) is 25.1 Å². The lowest BCUT2D eigenvalue weighted by Crippen LogP contribution is -2.55. The maximum absolute atomic E-state index is 13.4. The number of esters is 1. The summed E-state index contributed by atoms with van der Waals surface area (Å²) >= 11 is 0. The van der Waals surface area contributed by atoms with Crippen LogP contribution in [0, 0.1) is 0 Å². The van der Waals surface area contributed by atoms with Crippen LogP contribution < -0.4 is 10.6 Å². The Morgan fingerprint density at radius 1 is 0.929 bits per heavy atom. The number of nitrogens with one attached hydrogen (secondary N) is 2. The first-order valence-electron chi connectivity index (χ1n) is 14.7. The van der Waals surface area contributed by atoms with E-state index in [2.05, 4.69) is 20.6 Å². The number of piperazine rings is 1. The molecule has 1 aromatic carbocycles. The Hall–Kier alpha value is -4.22. The van der Waals surface area contributed by atoms with Gasteiger partial charge in [0, 0.05) is 44.4 Å². The number of hydrogen-bond acceptors (Lipinski definition) is 9. The van der Waals surface area contributed by atoms with E-state index in [1.54, 1.807) is 47.1 Å². The van der Waals surface area contributed by atoms with Gasteiger partial charge in [-0.2, -0.15) is 0 Å². The van der Waals surface area contributed by atoms with Crippen LogP contribution in [0.25, 0.3) is 11.4 Å². The lowest BCUT2D eigenvalue weighted by Gasteiger charge is -2.35. The van der Waals surface area contributed by atoms with Crippen LogP contribution in [0.3, 0.4) is 0 Å². The van der Waals surface area contributed by atoms with E-state index in [-0.39, 0.29) is 17.4 Å². The van der Waals surface area contributed by atoms with Crippen molar-refractivity contribution in [3.05, 3.63) is 41.6 Å². The molecule has 42 heavy (non-hydrogen) atoms. The highest BCUT2D eigenvalue weighted by Gasteiger charge is 2.30. The number of carbonyl (C=O) groups is 4. The second-order valence-electron chi connectivity index (χ2n) is 9.90. The van der Waals surface area contributed by atoms with Crippen LogP contribution >= 0.6 is 0 Å². The molecular weight excluding hydrogens is 540 g/mol. The summed E-state index contributed by atoms with van der Waals surface area (Å²) in [5.41, 5.74) is 1.01. The number of unbranched alkanes of at least 4 members (excludes halogenated alkanes) is 1. The molecule has 1 aliphatic heterocycles. The fourth-order valence-corrected chi connectivity index (χ4v) is 4.33. The van der Waals surface area contributed by atoms with E-state index in [1.807, 2.05) is 20.8 Å². The molecule has 0 bridgehead atoms. The van der Waals surface area contributed by atoms with Crippen molar-refractivity contribution in [3.8, 4) is 11.4 Å². The highest BCUT2D eigenvalue weighted by atomic mass is 16.6. The highest BCUT2D eigenvalue weighted by Crippen LogP contribution is 2.21. The Kier molecular flexibility index (Phi) is 12.5. The standard InChI is InChI=1S/C30H42N6O6/c1-5-9-18-42-29(39)22-12-10-11-21(19-22)26-32-24(20-25(34-26)31-13-6-2)27(37)33-23(7-3)28(38)35-14-16-36(17-15-35)30(40)41-8-4/h10-12,19-20,23H,5-9,13-18H2,1-4H3,(H,33,37)(H,31,32,34). The fraction of sp³-hybridized carbons (Fsp3) is 0.533. The SMILES string of the molecule is CCCCOC(=O)c1cccc(-c2nc(NCCC)cc(C(=O)NC(CC)C(=O)N3CCN(C(=O)OCC)CC3)n2)c1. The van der Waals surface area contributed by atoms with E-state index < -0.39 is 24.0 Å². The molecule has 0 aliphatic carbocycles. The molecule has 1 aliphatic rings. The summed E-state index contributed by atoms with van der Waals surface area (Å²) < 4.78 is 10.4. The Labute approximate surface area is 247 Å². The molecule has 12 heteroatoms. The first-order valence-corrected chi connectivity index (χ1v) is 14.7. The van der Waals surface area contributed by atoms with Crippen LogP contribution in [0.5, 0.6) is 0 Å². The normalized spacial score (nSPS) is 13.7. The van der Waals surface area contributed by atoms with Crippen LogP contribution in [0.4, 0.5) is 10.6 Å². The van der Waals surface area contributed by atoms with Crippen molar-refractivity contribution >= 4 is 29.7 Å². The maximum atomic E-state index is 13.4. The predicted molar refractivity (Wildman–Crippen MR) is 158 cm³/mol. The first-order chi connectivity index (χ1) is 20.3. The Bertz CT molecular complexity index is 1230. The van der Waals surface area contributed by atoms with Gasteiger partial charge < -0.3 is 29.9 Å². The van der Waals surface area contributed by atoms with Gasteiger partial charge in [-0.25, -0.2) is 19.6 Å². The lowest BCUT2D eigenvalue weighted by molar-refractivity contribution is -0.134. The minimum Gasteiger partial charge on any atom is -0.462 e. The van der Waals surface area contributed by atoms with Gasteiger partial charge in [-0.15, -0.1) is 0 Å². The molecule has 3 rings (SSSR count). The number of amides is 3. The topological polar surface area (TPSA) is 143 Å². The second kappa shape index (κ2) is 16.3. The van der Waals surface area contributed by atoms with E-state index in [4.69, 9.17) is 9.47 Å². The largest absolute Gasteiger partial charge is 0.462 e. The third-order valence-corrected chi connectivity index (χ3v) is 6.73. The van der Waals surface area contributed by atoms with Gasteiger partial charge in [0.25, 0.3) is 5.91 Å². The third kappa shape index (κ3) is 8.89. The molecule has 2 aromatic rings. The molecule has 1 saturated heterocycles. The van der Waals surface area contributed by atoms with Gasteiger partial charge in [0.2, 0.25) is 5.91 Å². The molecule has 1 unspecified atom stereocenters. The zero-order chi connectivity index (χ0) is 30.5. The van der Waals surface area contributed by atoms with E-state index >= 15 is 0 Å². The molecule has 0 radical (unpaired) electrons. The van der Waals surface area contributed by atoms with Crippen molar-refractivity contribution in [2.45, 2.75) is 59.4 Å². The maximum Gasteiger partial charge on any atom is 0.409 e. The number of carbonyl (C=O) groups excluding carboxylic acids is 4. The van der Waals surface area contributed by atoms with Gasteiger partial charge in [-0.05, 0) is 38.3 Å². The summed E-state index contributed by atoms with van der Waals surface area (Å²) in [6.07, 6.45) is 2.53. The Morgan fingerprint density at radius 3 is 2.33 bits per heavy atom. The van der Waals surface area contributed by atoms with Gasteiger partial charge >= 0.3 is 12.1 Å². The van der Waals surface area contributed by atoms with Crippen LogP contribution in [0.15, 0.2) is 30.3 Å². The van der Waals surface area contributed by atoms with Gasteiger partial charge in [-0.1, -0.05) is 39.3 Å². The quantitative estimate of drug-likeness (QED) is 0.267. The van der Waals surface area contributed by atoms with Crippen LogP contribution in [0.2, 0.25) is 0 Å². The van der Waals surface area contributed by atoms with Crippen LogP contribution in [0.1, 0.15) is 74.2 Å². The minimum atomic E-state index is -0.765. The highest BCUT2D eigenvalue weighted by molar-refractivity contribution is 5.97. The molecule has 2 heterocycles. The fourth-order valence-electron chi connectivity index (χ4n) is 4.33. The number of hydrogen-bond donors (Lipinski definition) is 2. The summed E-state index contributed by atoms with van der Waals surface area (Å²) in [6, 6.07) is 7.56. The molecule has 1 atom stereocenters. The summed E-state index contributed by atoms with van der Waals surface area (Å²) in [7, 11) is 0. The number of rotatable bonds is 13. The van der Waals surface area contributed by atoms with Crippen molar-refractivity contribution in [2.24, 2.45) is 0 Å². The Morgan fingerprint density at radius 2 is 1.67 bits per heavy atom. The molecular formula is C30H42N6O6. The summed E-state index contributed by atoms with van der Waals surface area (Å²) in [5, 5.41) is 6.02. The van der Waals surface area contributed by atoms with Crippen LogP contribution in [-0.4, -0.2) is 95.6 Å². The van der Waals surface area contributed by atoms with Crippen molar-refractivity contribution in [3.63, 3.8) is 0 Å². The van der Waals surface area contributed by atoms with Gasteiger partial charge in [0.1, 0.15) is 17.6 Å². The molecule has 0 spiro atoms. The van der Waals surface area contributed by atoms with Gasteiger partial charge in [0.05, 0.1) is 18.8 Å². The van der Waals surface area contributed by atoms with Crippen molar-refractivity contribution in [2.75, 3.05) is 51.3 Å². The average molecular weight is 583 g/mol. The average Bonchev–Trinajstić information content (AvgIpc) is 3.02. The third-order valence-electron chi connectivity index (χ3n) is 6.73. The monoisotopic (exact) mass is 582 g/mol. The van der Waals surface area contributed by atoms with E-state index in [0.29, 0.717) is 69.3 Å². The molecule has 12 nitrogen and oxygen atoms in total. The van der Waals surface area contributed by atoms with E-state index in [1.165, 1.54) is 0 Å². The zero-order valence-electron chi connectivity index (χ0n) is 25.0. The smallest absolute Gasteiger partial charge is 0.409 e. The second-order valence-corrected chi connectivity index (χ2v) is 9.90. The number of aromatic nitrogens is 2. The number of nitrogens with zero attached hydrogens (tertiary/aromatic N) is 4. The zero-order valence-corrected chi connectivity index (χ0v) is 25.0. The molecule has 228 valence electrons. The molecule has 3 amide bonds.